The van der Waals surface area contributed by atoms with Crippen molar-refractivity contribution in [3.63, 3.8) is 0 Å². The fourth-order valence-electron chi connectivity index (χ4n) is 3.59. The minimum Gasteiger partial charge on any atom is -0.326 e. The van der Waals surface area contributed by atoms with E-state index < -0.39 is 0 Å². The number of nitrogens with zero attached hydrogens (tertiary/aromatic N) is 3. The normalized spacial score (nSPS) is 20.0. The van der Waals surface area contributed by atoms with Crippen molar-refractivity contribution in [1.29, 1.82) is 0 Å². The lowest BCUT2D eigenvalue weighted by Gasteiger charge is -2.15. The molecule has 1 aliphatic rings. The molecular formula is C20H20N4O2S. The number of non-ortho nitro benzene ring substituents is 1. The van der Waals surface area contributed by atoms with Crippen LogP contribution in [0.15, 0.2) is 60.0 Å². The van der Waals surface area contributed by atoms with Gasteiger partial charge in [0.05, 0.1) is 10.6 Å². The van der Waals surface area contributed by atoms with E-state index in [9.17, 15) is 10.1 Å². The number of hydrogen-bond donors (Lipinski definition) is 1. The summed E-state index contributed by atoms with van der Waals surface area (Å²) in [7, 11) is 0. The third kappa shape index (κ3) is 3.90. The van der Waals surface area contributed by atoms with Gasteiger partial charge in [0.2, 0.25) is 0 Å². The minimum absolute atomic E-state index is 0.0838. The van der Waals surface area contributed by atoms with Crippen LogP contribution >= 0.6 is 11.3 Å². The van der Waals surface area contributed by atoms with E-state index in [1.54, 1.807) is 12.1 Å². The maximum Gasteiger partial charge on any atom is 0.270 e. The molecular weight excluding hydrogens is 360 g/mol. The second kappa shape index (κ2) is 7.56. The summed E-state index contributed by atoms with van der Waals surface area (Å²) >= 11 is 1.51. The summed E-state index contributed by atoms with van der Waals surface area (Å²) in [6, 6.07) is 17.1. The molecule has 1 saturated heterocycles. The van der Waals surface area contributed by atoms with Crippen molar-refractivity contribution in [2.45, 2.75) is 18.5 Å². The molecule has 0 amide bonds. The Labute approximate surface area is 161 Å². The largest absolute Gasteiger partial charge is 0.326 e. The first kappa shape index (κ1) is 17.8. The van der Waals surface area contributed by atoms with Crippen molar-refractivity contribution in [3.05, 3.63) is 81.3 Å². The number of aromatic nitrogens is 1. The van der Waals surface area contributed by atoms with Gasteiger partial charge in [0.25, 0.3) is 5.69 Å². The molecule has 2 aromatic carbocycles. The van der Waals surface area contributed by atoms with Gasteiger partial charge in [-0.05, 0) is 5.56 Å². The van der Waals surface area contributed by atoms with Crippen molar-refractivity contribution in [3.8, 4) is 10.6 Å². The monoisotopic (exact) mass is 380 g/mol. The van der Waals surface area contributed by atoms with Gasteiger partial charge in [-0.1, -0.05) is 42.5 Å². The van der Waals surface area contributed by atoms with Crippen molar-refractivity contribution >= 4 is 17.0 Å². The van der Waals surface area contributed by atoms with E-state index in [-0.39, 0.29) is 16.7 Å². The van der Waals surface area contributed by atoms with Crippen LogP contribution in [0.2, 0.25) is 0 Å². The molecule has 1 aromatic heterocycles. The van der Waals surface area contributed by atoms with Gasteiger partial charge in [-0.25, -0.2) is 4.98 Å². The Bertz CT molecular complexity index is 944. The molecule has 138 valence electrons. The van der Waals surface area contributed by atoms with Crippen molar-refractivity contribution < 1.29 is 4.92 Å². The Morgan fingerprint density at radius 2 is 2.00 bits per heavy atom. The molecule has 4 rings (SSSR count). The maximum atomic E-state index is 11.0. The zero-order chi connectivity index (χ0) is 18.8. The maximum absolute atomic E-state index is 11.0. The molecule has 2 atom stereocenters. The number of nitro benzene ring substituents is 1. The Morgan fingerprint density at radius 1 is 1.19 bits per heavy atom. The Morgan fingerprint density at radius 3 is 2.78 bits per heavy atom. The summed E-state index contributed by atoms with van der Waals surface area (Å²) in [6.45, 7) is 2.49. The Kier molecular flexibility index (Phi) is 4.98. The van der Waals surface area contributed by atoms with Gasteiger partial charge < -0.3 is 5.73 Å². The zero-order valence-corrected chi connectivity index (χ0v) is 15.5. The fraction of sp³-hybridized carbons (Fsp3) is 0.250. The van der Waals surface area contributed by atoms with E-state index in [0.717, 1.165) is 35.9 Å². The number of nitro groups is 1. The van der Waals surface area contributed by atoms with Crippen LogP contribution in [-0.2, 0) is 6.54 Å². The highest BCUT2D eigenvalue weighted by Crippen LogP contribution is 2.30. The molecule has 1 fully saturated rings. The summed E-state index contributed by atoms with van der Waals surface area (Å²) in [5.74, 6) is 0.334. The standard InChI is InChI=1S/C20H20N4O2S/c21-19-12-23(11-18(19)14-5-2-1-3-6-14)10-16-13-27-20(22-16)15-7-4-8-17(9-15)24(25)26/h1-9,13,18-19H,10-12,21H2/t18-,19+/m0/s1. The summed E-state index contributed by atoms with van der Waals surface area (Å²) in [6.07, 6.45) is 0. The highest BCUT2D eigenvalue weighted by atomic mass is 32.1. The highest BCUT2D eigenvalue weighted by molar-refractivity contribution is 7.13. The number of thiazole rings is 1. The van der Waals surface area contributed by atoms with Crippen molar-refractivity contribution in [2.24, 2.45) is 5.73 Å². The van der Waals surface area contributed by atoms with E-state index in [1.807, 2.05) is 17.5 Å². The lowest BCUT2D eigenvalue weighted by molar-refractivity contribution is -0.384. The van der Waals surface area contributed by atoms with Crippen LogP contribution in [0.5, 0.6) is 0 Å². The molecule has 27 heavy (non-hydrogen) atoms. The predicted molar refractivity (Wildman–Crippen MR) is 107 cm³/mol. The second-order valence-electron chi connectivity index (χ2n) is 6.83. The van der Waals surface area contributed by atoms with Gasteiger partial charge >= 0.3 is 0 Å². The zero-order valence-electron chi connectivity index (χ0n) is 14.7. The molecule has 7 heteroatoms. The number of likely N-dealkylation sites (tertiary alicyclic amines) is 1. The lowest BCUT2D eigenvalue weighted by atomic mass is 9.95. The number of nitrogens with two attached hydrogens (primary N) is 1. The highest BCUT2D eigenvalue weighted by Gasteiger charge is 2.31. The first-order chi connectivity index (χ1) is 13.1. The minimum atomic E-state index is -0.382. The van der Waals surface area contributed by atoms with Crippen LogP contribution < -0.4 is 5.73 Å². The predicted octanol–water partition coefficient (Wildman–Crippen LogP) is 3.65. The van der Waals surface area contributed by atoms with Gasteiger partial charge in [0.15, 0.2) is 0 Å². The number of hydrogen-bond acceptors (Lipinski definition) is 6. The molecule has 0 saturated carbocycles. The average Bonchev–Trinajstić information content (AvgIpc) is 3.29. The van der Waals surface area contributed by atoms with Crippen LogP contribution in [0, 0.1) is 10.1 Å². The van der Waals surface area contributed by atoms with Crippen molar-refractivity contribution in [1.82, 2.24) is 9.88 Å². The third-order valence-corrected chi connectivity index (χ3v) is 5.85. The fourth-order valence-corrected chi connectivity index (χ4v) is 4.40. The lowest BCUT2D eigenvalue weighted by Crippen LogP contribution is -2.28. The Balaban J connectivity index is 1.46. The van der Waals surface area contributed by atoms with E-state index in [2.05, 4.69) is 34.1 Å². The molecule has 2 N–H and O–H groups in total. The molecule has 0 aliphatic carbocycles. The molecule has 2 heterocycles. The second-order valence-corrected chi connectivity index (χ2v) is 7.68. The van der Waals surface area contributed by atoms with Gasteiger partial charge in [-0.15, -0.1) is 11.3 Å². The van der Waals surface area contributed by atoms with Crippen LogP contribution in [0.4, 0.5) is 5.69 Å². The first-order valence-corrected chi connectivity index (χ1v) is 9.70. The van der Waals surface area contributed by atoms with Gasteiger partial charge in [0, 0.05) is 54.7 Å². The molecule has 0 unspecified atom stereocenters. The quantitative estimate of drug-likeness (QED) is 0.539. The summed E-state index contributed by atoms with van der Waals surface area (Å²) in [5.41, 5.74) is 9.49. The van der Waals surface area contributed by atoms with E-state index in [0.29, 0.717) is 5.92 Å². The summed E-state index contributed by atoms with van der Waals surface area (Å²) in [4.78, 5) is 17.6. The van der Waals surface area contributed by atoms with Gasteiger partial charge in [-0.2, -0.15) is 0 Å². The third-order valence-electron chi connectivity index (χ3n) is 4.91. The number of benzene rings is 2. The van der Waals surface area contributed by atoms with Crippen LogP contribution in [0.25, 0.3) is 10.6 Å². The summed E-state index contributed by atoms with van der Waals surface area (Å²) in [5, 5.41) is 13.8. The first-order valence-electron chi connectivity index (χ1n) is 8.82. The molecule has 0 bridgehead atoms. The molecule has 1 aliphatic heterocycles. The van der Waals surface area contributed by atoms with E-state index in [1.165, 1.54) is 23.0 Å². The molecule has 3 aromatic rings. The van der Waals surface area contributed by atoms with Crippen LogP contribution in [-0.4, -0.2) is 33.9 Å². The topological polar surface area (TPSA) is 85.3 Å². The Hall–Kier alpha value is -2.61. The van der Waals surface area contributed by atoms with Gasteiger partial charge in [0.1, 0.15) is 5.01 Å². The average molecular weight is 380 g/mol. The van der Waals surface area contributed by atoms with E-state index in [4.69, 9.17) is 5.73 Å². The summed E-state index contributed by atoms with van der Waals surface area (Å²) < 4.78 is 0. The molecule has 0 radical (unpaired) electrons. The van der Waals surface area contributed by atoms with Crippen LogP contribution in [0.3, 0.4) is 0 Å². The van der Waals surface area contributed by atoms with Crippen molar-refractivity contribution in [2.75, 3.05) is 13.1 Å². The smallest absolute Gasteiger partial charge is 0.270 e. The molecule has 6 nitrogen and oxygen atoms in total. The number of rotatable bonds is 5. The van der Waals surface area contributed by atoms with E-state index >= 15 is 0 Å². The SMILES string of the molecule is N[C@@H]1CN(Cc2csc(-c3cccc([N+](=O)[O-])c3)n2)C[C@H]1c1ccccc1. The molecule has 0 spiro atoms. The van der Waals surface area contributed by atoms with Crippen LogP contribution in [0.1, 0.15) is 17.2 Å². The van der Waals surface area contributed by atoms with Gasteiger partial charge in [-0.3, -0.25) is 15.0 Å².